The molecule has 3 aliphatic rings. The number of furan rings is 2. The fourth-order valence-electron chi connectivity index (χ4n) is 17.2. The molecule has 0 unspecified atom stereocenters. The van der Waals surface area contributed by atoms with E-state index >= 15 is 0 Å². The van der Waals surface area contributed by atoms with Gasteiger partial charge in [-0.05, 0) is 192 Å². The predicted octanol–water partition coefficient (Wildman–Crippen LogP) is 26.2. The molecule has 0 atom stereocenters. The minimum atomic E-state index is -0.185. The number of allylic oxidation sites excluding steroid dienone is 1. The molecule has 0 saturated heterocycles. The second-order valence-corrected chi connectivity index (χ2v) is 27.5. The number of para-hydroxylation sites is 2. The molecule has 0 fully saturated rings. The van der Waals surface area contributed by atoms with Crippen LogP contribution < -0.4 is 0 Å². The van der Waals surface area contributed by atoms with Gasteiger partial charge in [0.1, 0.15) is 22.7 Å². The van der Waals surface area contributed by atoms with Crippen LogP contribution in [-0.4, -0.2) is 0 Å². The second kappa shape index (κ2) is 21.5. The van der Waals surface area contributed by atoms with Gasteiger partial charge >= 0.3 is 0 Å². The Bertz CT molecular complexity index is 6070. The Hall–Kier alpha value is -11.6. The van der Waals surface area contributed by atoms with Gasteiger partial charge < -0.3 is 8.83 Å². The summed E-state index contributed by atoms with van der Waals surface area (Å²) in [7, 11) is 0. The van der Waals surface area contributed by atoms with Crippen molar-refractivity contribution in [1.82, 2.24) is 0 Å². The maximum absolute atomic E-state index is 6.51. The minimum Gasteiger partial charge on any atom is -0.456 e. The highest BCUT2D eigenvalue weighted by molar-refractivity contribution is 6.24. The zero-order chi connectivity index (χ0) is 64.0. The van der Waals surface area contributed by atoms with E-state index in [9.17, 15) is 0 Å². The molecule has 0 saturated carbocycles. The Labute approximate surface area is 558 Å². The van der Waals surface area contributed by atoms with E-state index in [4.69, 9.17) is 8.83 Å². The molecular formula is C94H66O2. The summed E-state index contributed by atoms with van der Waals surface area (Å²) in [5.74, 6) is 2.04. The van der Waals surface area contributed by atoms with E-state index in [1.165, 1.54) is 176 Å². The lowest BCUT2D eigenvalue weighted by molar-refractivity contribution is 0.619. The summed E-state index contributed by atoms with van der Waals surface area (Å²) in [4.78, 5) is 0. The monoisotopic (exact) mass is 1230 g/mol. The van der Waals surface area contributed by atoms with Crippen LogP contribution in [0.25, 0.3) is 171 Å². The van der Waals surface area contributed by atoms with Crippen molar-refractivity contribution in [3.63, 3.8) is 0 Å². The van der Waals surface area contributed by atoms with Crippen LogP contribution in [-0.2, 0) is 17.3 Å². The molecule has 0 N–H and O–H groups in total. The lowest BCUT2D eigenvalue weighted by Gasteiger charge is -2.26. The van der Waals surface area contributed by atoms with Crippen molar-refractivity contribution < 1.29 is 8.83 Å². The Morgan fingerprint density at radius 2 is 0.698 bits per heavy atom. The first-order chi connectivity index (χ1) is 47.2. The quantitative estimate of drug-likeness (QED) is 0.155. The average Bonchev–Trinajstić information content (AvgIpc) is 1.45. The molecule has 3 aliphatic carbocycles. The maximum Gasteiger partial charge on any atom is 0.139 e. The molecule has 2 nitrogen and oxygen atoms in total. The van der Waals surface area contributed by atoms with Crippen molar-refractivity contribution >= 4 is 81.9 Å². The molecular weight excluding hydrogens is 1160 g/mol. The Kier molecular flexibility index (Phi) is 12.5. The third-order valence-electron chi connectivity index (χ3n) is 21.5. The van der Waals surface area contributed by atoms with E-state index in [1.807, 2.05) is 0 Å². The first kappa shape index (κ1) is 56.0. The van der Waals surface area contributed by atoms with Crippen LogP contribution in [0.3, 0.4) is 0 Å². The van der Waals surface area contributed by atoms with E-state index in [2.05, 4.69) is 331 Å². The summed E-state index contributed by atoms with van der Waals surface area (Å²) in [5, 5.41) is 15.2. The Morgan fingerprint density at radius 3 is 1.26 bits per heavy atom. The van der Waals surface area contributed by atoms with Crippen LogP contribution in [0, 0.1) is 0 Å². The number of benzene rings is 15. The predicted molar refractivity (Wildman–Crippen MR) is 405 cm³/mol. The van der Waals surface area contributed by atoms with Gasteiger partial charge in [-0.2, -0.15) is 0 Å². The van der Waals surface area contributed by atoms with Crippen LogP contribution in [0.5, 0.6) is 0 Å². The zero-order valence-electron chi connectivity index (χ0n) is 54.1. The van der Waals surface area contributed by atoms with Crippen LogP contribution in [0.1, 0.15) is 67.5 Å². The highest BCUT2D eigenvalue weighted by atomic mass is 16.3. The van der Waals surface area contributed by atoms with Crippen LogP contribution in [0.2, 0.25) is 0 Å². The topological polar surface area (TPSA) is 26.3 Å². The zero-order valence-corrected chi connectivity index (χ0v) is 54.1. The fraction of sp³-hybridized carbons (Fsp3) is 0.0851. The van der Waals surface area contributed by atoms with E-state index in [0.29, 0.717) is 0 Å². The molecule has 0 radical (unpaired) electrons. The second-order valence-electron chi connectivity index (χ2n) is 27.5. The molecule has 15 aromatic carbocycles. The number of hydrogen-bond donors (Lipinski definition) is 0. The van der Waals surface area contributed by atoms with E-state index in [1.54, 1.807) is 0 Å². The summed E-state index contributed by atoms with van der Waals surface area (Å²) in [6.45, 7) is 9.39. The van der Waals surface area contributed by atoms with Crippen molar-refractivity contribution in [2.24, 2.45) is 0 Å². The molecule has 20 rings (SSSR count). The van der Waals surface area contributed by atoms with E-state index in [-0.39, 0.29) is 10.8 Å². The van der Waals surface area contributed by atoms with Crippen LogP contribution in [0.4, 0.5) is 0 Å². The van der Waals surface area contributed by atoms with E-state index in [0.717, 1.165) is 35.5 Å². The molecule has 96 heavy (non-hydrogen) atoms. The van der Waals surface area contributed by atoms with Gasteiger partial charge in [-0.15, -0.1) is 0 Å². The molecule has 2 heterocycles. The largest absolute Gasteiger partial charge is 0.456 e. The van der Waals surface area contributed by atoms with Gasteiger partial charge in [0.2, 0.25) is 0 Å². The molecule has 0 aliphatic heterocycles. The third-order valence-corrected chi connectivity index (χ3v) is 21.5. The summed E-state index contributed by atoms with van der Waals surface area (Å²) >= 11 is 0. The normalized spacial score (nSPS) is 13.9. The van der Waals surface area contributed by atoms with Gasteiger partial charge in [-0.25, -0.2) is 0 Å². The van der Waals surface area contributed by atoms with Crippen molar-refractivity contribution in [2.75, 3.05) is 0 Å². The highest BCUT2D eigenvalue weighted by Gasteiger charge is 2.42. The average molecular weight is 1230 g/mol. The minimum absolute atomic E-state index is 0.164. The number of hydrogen-bond acceptors (Lipinski definition) is 2. The van der Waals surface area contributed by atoms with Crippen molar-refractivity contribution in [1.29, 1.82) is 0 Å². The van der Waals surface area contributed by atoms with Gasteiger partial charge in [0.15, 0.2) is 0 Å². The van der Waals surface area contributed by atoms with Gasteiger partial charge in [-0.1, -0.05) is 295 Å². The summed E-state index contributed by atoms with van der Waals surface area (Å²) in [5.41, 5.74) is 27.4. The molecule has 17 aromatic rings. The molecule has 0 amide bonds. The number of fused-ring (bicyclic) bond motifs is 16. The molecule has 2 aromatic heterocycles. The first-order valence-electron chi connectivity index (χ1n) is 33.9. The third kappa shape index (κ3) is 8.38. The lowest BCUT2D eigenvalue weighted by Crippen LogP contribution is -2.15. The smallest absolute Gasteiger partial charge is 0.139 e. The van der Waals surface area contributed by atoms with Crippen LogP contribution in [0.15, 0.2) is 306 Å². The Balaban J connectivity index is 0.000000135. The maximum atomic E-state index is 6.51. The summed E-state index contributed by atoms with van der Waals surface area (Å²) in [6, 6.07) is 107. The molecule has 2 heteroatoms. The van der Waals surface area contributed by atoms with Gasteiger partial charge in [0.05, 0.1) is 0 Å². The van der Waals surface area contributed by atoms with Crippen molar-refractivity contribution in [3.05, 3.63) is 331 Å². The Morgan fingerprint density at radius 1 is 0.281 bits per heavy atom. The summed E-state index contributed by atoms with van der Waals surface area (Å²) < 4.78 is 13.0. The van der Waals surface area contributed by atoms with Gasteiger partial charge in [-0.3, -0.25) is 0 Å². The lowest BCUT2D eigenvalue weighted by atomic mass is 9.77. The SMILES string of the molecule is CC1(C)c2cc(-c3c4c(c(-c5ccc(-c6ccccc6)c6ccccc56)c5ccccc35)C=CCC4)ccc2-c2oc3ccccc3c21.CC1(C)c2cc(-c3c4ccccc4c(-c4cc(-c5ccccc5)cc5ccccc45)c4ccccc34)ccc2-c2oc3ccccc3c21. The first-order valence-corrected chi connectivity index (χ1v) is 33.9. The van der Waals surface area contributed by atoms with E-state index < -0.39 is 0 Å². The van der Waals surface area contributed by atoms with Crippen molar-refractivity contribution in [2.45, 2.75) is 51.4 Å². The molecule has 0 bridgehead atoms. The van der Waals surface area contributed by atoms with Gasteiger partial charge in [0, 0.05) is 43.9 Å². The highest BCUT2D eigenvalue weighted by Crippen LogP contribution is 2.57. The molecule has 0 spiro atoms. The van der Waals surface area contributed by atoms with Gasteiger partial charge in [0.25, 0.3) is 0 Å². The standard InChI is InChI=1S/C47H32O.C47H34O/c1-47(2)41-28-31(24-25-38(41)46-45(47)39-22-12-13-23-42(39)48-46)43-34-18-8-10-20-36(34)44(37-21-11-9-19-35(37)43)40-27-32(29-14-4-3-5-15-29)26-30-16-6-7-17-33(30)40;1-47(2)41-28-30(24-25-39(41)46-45(47)40-22-12-13-23-42(40)48-46)43-34-18-8-10-20-36(34)44(37-21-11-9-19-35(37)43)38-27-26-31(29-14-4-3-5-15-29)32-16-6-7-17-33(32)38/h3-28H,1-2H3;3-8,10-18,20-28H,9,19H2,1-2H3. The number of rotatable bonds is 6. The van der Waals surface area contributed by atoms with Crippen LogP contribution >= 0.6 is 0 Å². The summed E-state index contributed by atoms with van der Waals surface area (Å²) in [6.07, 6.45) is 6.81. The fourth-order valence-corrected chi connectivity index (χ4v) is 17.2. The molecule has 454 valence electrons. The van der Waals surface area contributed by atoms with Crippen molar-refractivity contribution in [3.8, 4) is 89.4 Å².